The van der Waals surface area contributed by atoms with Crippen molar-refractivity contribution in [2.75, 3.05) is 0 Å². The molecule has 0 saturated heterocycles. The van der Waals surface area contributed by atoms with E-state index < -0.39 is 5.60 Å². The summed E-state index contributed by atoms with van der Waals surface area (Å²) in [7, 11) is 0. The quantitative estimate of drug-likeness (QED) is 0.505. The highest BCUT2D eigenvalue weighted by Gasteiger charge is 2.25. The molecule has 0 aliphatic rings. The van der Waals surface area contributed by atoms with E-state index in [2.05, 4.69) is 6.58 Å². The molecule has 0 bridgehead atoms. The first-order valence-corrected chi connectivity index (χ1v) is 8.76. The van der Waals surface area contributed by atoms with Crippen molar-refractivity contribution >= 4 is 11.9 Å². The number of rotatable bonds is 8. The van der Waals surface area contributed by atoms with Crippen molar-refractivity contribution in [1.82, 2.24) is 0 Å². The maximum Gasteiger partial charge on any atom is 0.338 e. The highest BCUT2D eigenvalue weighted by molar-refractivity contribution is 5.89. The van der Waals surface area contributed by atoms with Crippen molar-refractivity contribution < 1.29 is 19.1 Å². The predicted octanol–water partition coefficient (Wildman–Crippen LogP) is 4.72. The van der Waals surface area contributed by atoms with Crippen LogP contribution in [0.4, 0.5) is 0 Å². The molecule has 1 aromatic rings. The Kier molecular flexibility index (Phi) is 7.88. The van der Waals surface area contributed by atoms with Crippen LogP contribution >= 0.6 is 0 Å². The van der Waals surface area contributed by atoms with E-state index in [1.165, 1.54) is 0 Å². The van der Waals surface area contributed by atoms with E-state index in [-0.39, 0.29) is 24.0 Å². The van der Waals surface area contributed by atoms with Gasteiger partial charge >= 0.3 is 11.9 Å². The van der Waals surface area contributed by atoms with Gasteiger partial charge in [-0.15, -0.1) is 6.58 Å². The van der Waals surface area contributed by atoms with E-state index >= 15 is 0 Å². The number of esters is 2. The number of carbonyl (C=O) groups is 2. The van der Waals surface area contributed by atoms with Gasteiger partial charge in [-0.2, -0.15) is 0 Å². The van der Waals surface area contributed by atoms with Crippen LogP contribution in [0, 0.1) is 5.92 Å². The lowest BCUT2D eigenvalue weighted by molar-refractivity contribution is -0.160. The average molecular weight is 346 g/mol. The molecule has 0 aromatic heterocycles. The summed E-state index contributed by atoms with van der Waals surface area (Å²) in [5, 5.41) is 0. The van der Waals surface area contributed by atoms with Crippen molar-refractivity contribution in [2.45, 2.75) is 65.6 Å². The molecule has 0 spiro atoms. The minimum Gasteiger partial charge on any atom is -0.460 e. The third-order valence-corrected chi connectivity index (χ3v) is 3.47. The van der Waals surface area contributed by atoms with Gasteiger partial charge in [-0.05, 0) is 71.6 Å². The minimum atomic E-state index is -0.506. The zero-order valence-corrected chi connectivity index (χ0v) is 16.0. The van der Waals surface area contributed by atoms with Gasteiger partial charge in [0, 0.05) is 0 Å². The summed E-state index contributed by atoms with van der Waals surface area (Å²) in [6.45, 7) is 13.0. The molecule has 0 fully saturated rings. The van der Waals surface area contributed by atoms with Gasteiger partial charge in [0.1, 0.15) is 5.60 Å². The van der Waals surface area contributed by atoms with Crippen LogP contribution in [0.3, 0.4) is 0 Å². The number of ether oxygens (including phenoxy) is 2. The fourth-order valence-electron chi connectivity index (χ4n) is 2.35. The molecular formula is C21H30O4. The van der Waals surface area contributed by atoms with Crippen LogP contribution in [0.2, 0.25) is 0 Å². The summed E-state index contributed by atoms with van der Waals surface area (Å²) >= 11 is 0. The summed E-state index contributed by atoms with van der Waals surface area (Å²) in [6.07, 6.45) is 3.67. The normalized spacial score (nSPS) is 12.6. The molecule has 0 saturated carbocycles. The Hall–Kier alpha value is -2.10. The Labute approximate surface area is 151 Å². The predicted molar refractivity (Wildman–Crippen MR) is 99.5 cm³/mol. The first-order chi connectivity index (χ1) is 11.6. The second kappa shape index (κ2) is 9.40. The van der Waals surface area contributed by atoms with Gasteiger partial charge in [-0.25, -0.2) is 4.79 Å². The summed E-state index contributed by atoms with van der Waals surface area (Å²) < 4.78 is 10.7. The molecule has 1 atom stereocenters. The van der Waals surface area contributed by atoms with Gasteiger partial charge < -0.3 is 9.47 Å². The molecule has 0 heterocycles. The van der Waals surface area contributed by atoms with Gasteiger partial charge in [0.05, 0.1) is 17.6 Å². The Morgan fingerprint density at radius 2 is 1.76 bits per heavy atom. The fraction of sp³-hybridized carbons (Fsp3) is 0.524. The van der Waals surface area contributed by atoms with E-state index in [4.69, 9.17) is 9.47 Å². The van der Waals surface area contributed by atoms with Crippen molar-refractivity contribution in [3.05, 3.63) is 48.0 Å². The maximum absolute atomic E-state index is 12.4. The molecule has 138 valence electrons. The second-order valence-corrected chi connectivity index (χ2v) is 7.45. The van der Waals surface area contributed by atoms with Crippen molar-refractivity contribution in [1.29, 1.82) is 0 Å². The molecule has 0 N–H and O–H groups in total. The van der Waals surface area contributed by atoms with E-state index in [1.54, 1.807) is 12.1 Å². The van der Waals surface area contributed by atoms with Crippen LogP contribution in [0.25, 0.3) is 0 Å². The Morgan fingerprint density at radius 3 is 2.24 bits per heavy atom. The highest BCUT2D eigenvalue weighted by Crippen LogP contribution is 2.20. The lowest BCUT2D eigenvalue weighted by Crippen LogP contribution is -2.29. The van der Waals surface area contributed by atoms with Crippen LogP contribution in [-0.2, 0) is 20.7 Å². The SMILES string of the molecule is C=CCCC(Cc1ccc(C(=O)OC(C)C)cc1)C(=O)OC(C)(C)C. The molecule has 1 rings (SSSR count). The molecule has 0 aliphatic heterocycles. The van der Waals surface area contributed by atoms with Crippen LogP contribution < -0.4 is 0 Å². The zero-order chi connectivity index (χ0) is 19.0. The molecule has 4 nitrogen and oxygen atoms in total. The Morgan fingerprint density at radius 1 is 1.16 bits per heavy atom. The number of benzene rings is 1. The first-order valence-electron chi connectivity index (χ1n) is 8.76. The molecule has 1 unspecified atom stereocenters. The zero-order valence-electron chi connectivity index (χ0n) is 16.0. The monoisotopic (exact) mass is 346 g/mol. The third kappa shape index (κ3) is 8.01. The number of carbonyl (C=O) groups excluding carboxylic acids is 2. The van der Waals surface area contributed by atoms with Crippen LogP contribution in [-0.4, -0.2) is 23.6 Å². The molecule has 25 heavy (non-hydrogen) atoms. The maximum atomic E-state index is 12.4. The average Bonchev–Trinajstić information content (AvgIpc) is 2.49. The molecule has 0 amide bonds. The fourth-order valence-corrected chi connectivity index (χ4v) is 2.35. The molecule has 4 heteroatoms. The van der Waals surface area contributed by atoms with Gasteiger partial charge in [-0.3, -0.25) is 4.79 Å². The largest absolute Gasteiger partial charge is 0.460 e. The van der Waals surface area contributed by atoms with Crippen LogP contribution in [0.15, 0.2) is 36.9 Å². The van der Waals surface area contributed by atoms with Gasteiger partial charge in [-0.1, -0.05) is 18.2 Å². The minimum absolute atomic E-state index is 0.150. The van der Waals surface area contributed by atoms with E-state index in [9.17, 15) is 9.59 Å². The lowest BCUT2D eigenvalue weighted by Gasteiger charge is -2.24. The highest BCUT2D eigenvalue weighted by atomic mass is 16.6. The number of hydrogen-bond donors (Lipinski definition) is 0. The van der Waals surface area contributed by atoms with Crippen molar-refractivity contribution in [3.8, 4) is 0 Å². The second-order valence-electron chi connectivity index (χ2n) is 7.45. The first kappa shape index (κ1) is 20.9. The van der Waals surface area contributed by atoms with Crippen LogP contribution in [0.5, 0.6) is 0 Å². The summed E-state index contributed by atoms with van der Waals surface area (Å²) in [5.74, 6) is -0.764. The molecule has 1 aromatic carbocycles. The smallest absolute Gasteiger partial charge is 0.338 e. The topological polar surface area (TPSA) is 52.6 Å². The summed E-state index contributed by atoms with van der Waals surface area (Å²) in [6, 6.07) is 7.20. The van der Waals surface area contributed by atoms with Crippen LogP contribution in [0.1, 0.15) is 63.4 Å². The summed E-state index contributed by atoms with van der Waals surface area (Å²) in [5.41, 5.74) is 0.993. The molecular weight excluding hydrogens is 316 g/mol. The number of hydrogen-bond acceptors (Lipinski definition) is 4. The van der Waals surface area contributed by atoms with Crippen molar-refractivity contribution in [3.63, 3.8) is 0 Å². The summed E-state index contributed by atoms with van der Waals surface area (Å²) in [4.78, 5) is 24.3. The van der Waals surface area contributed by atoms with E-state index in [0.29, 0.717) is 18.4 Å². The Bertz CT molecular complexity index is 579. The number of allylic oxidation sites excluding steroid dienone is 1. The molecule has 0 aliphatic carbocycles. The van der Waals surface area contributed by atoms with Gasteiger partial charge in [0.15, 0.2) is 0 Å². The van der Waals surface area contributed by atoms with E-state index in [1.807, 2.05) is 52.8 Å². The molecule has 0 radical (unpaired) electrons. The van der Waals surface area contributed by atoms with Gasteiger partial charge in [0.2, 0.25) is 0 Å². The lowest BCUT2D eigenvalue weighted by atomic mass is 9.94. The van der Waals surface area contributed by atoms with Gasteiger partial charge in [0.25, 0.3) is 0 Å². The third-order valence-electron chi connectivity index (χ3n) is 3.47. The van der Waals surface area contributed by atoms with Crippen molar-refractivity contribution in [2.24, 2.45) is 5.92 Å². The Balaban J connectivity index is 2.81. The standard InChI is InChI=1S/C21H30O4/c1-7-8-9-18(20(23)25-21(4,5)6)14-16-10-12-17(13-11-16)19(22)24-15(2)3/h7,10-13,15,18H,1,8-9,14H2,2-6H3. The van der Waals surface area contributed by atoms with E-state index in [0.717, 1.165) is 12.0 Å².